The number of aromatic nitrogens is 2. The van der Waals surface area contributed by atoms with Crippen molar-refractivity contribution in [1.29, 1.82) is 0 Å². The van der Waals surface area contributed by atoms with Gasteiger partial charge in [0.2, 0.25) is 0 Å². The molecule has 108 valence electrons. The molecule has 0 aromatic carbocycles. The van der Waals surface area contributed by atoms with Crippen LogP contribution in [0.4, 0.5) is 10.5 Å². The summed E-state index contributed by atoms with van der Waals surface area (Å²) in [5.41, 5.74) is -0.106. The highest BCUT2D eigenvalue weighted by atomic mass is 16.4. The molecule has 1 aromatic rings. The predicted octanol–water partition coefficient (Wildman–Crippen LogP) is 1.14. The number of nitrogens with one attached hydrogen (secondary N) is 1. The Hall–Kier alpha value is -2.05. The highest BCUT2D eigenvalue weighted by molar-refractivity contribution is 5.90. The first-order valence-corrected chi connectivity index (χ1v) is 6.79. The van der Waals surface area contributed by atoms with Gasteiger partial charge in [0.15, 0.2) is 0 Å². The van der Waals surface area contributed by atoms with E-state index in [-0.39, 0.29) is 11.9 Å². The molecule has 2 atom stereocenters. The van der Waals surface area contributed by atoms with Gasteiger partial charge in [-0.05, 0) is 18.8 Å². The Kier molecular flexibility index (Phi) is 2.92. The number of likely N-dealkylation sites (tertiary alicyclic amines) is 1. The summed E-state index contributed by atoms with van der Waals surface area (Å²) in [4.78, 5) is 25.4. The maximum atomic E-state index is 12.2. The van der Waals surface area contributed by atoms with Crippen LogP contribution in [-0.4, -0.2) is 44.9 Å². The third-order valence-electron chi connectivity index (χ3n) is 4.54. The van der Waals surface area contributed by atoms with Crippen LogP contribution in [0.25, 0.3) is 0 Å². The Morgan fingerprint density at radius 3 is 2.95 bits per heavy atom. The minimum Gasteiger partial charge on any atom is -0.481 e. The van der Waals surface area contributed by atoms with Gasteiger partial charge >= 0.3 is 12.0 Å². The van der Waals surface area contributed by atoms with Gasteiger partial charge < -0.3 is 15.3 Å². The fraction of sp³-hybridized carbons (Fsp3) is 0.615. The molecule has 1 saturated carbocycles. The van der Waals surface area contributed by atoms with Crippen LogP contribution in [0.15, 0.2) is 12.4 Å². The average Bonchev–Trinajstić information content (AvgIpc) is 3.02. The van der Waals surface area contributed by atoms with Crippen molar-refractivity contribution in [3.05, 3.63) is 12.4 Å². The fourth-order valence-electron chi connectivity index (χ4n) is 3.48. The maximum Gasteiger partial charge on any atom is 0.321 e. The number of carbonyl (C=O) groups is 2. The Balaban J connectivity index is 1.70. The van der Waals surface area contributed by atoms with E-state index in [2.05, 4.69) is 10.4 Å². The van der Waals surface area contributed by atoms with Crippen LogP contribution in [-0.2, 0) is 11.8 Å². The number of fused-ring (bicyclic) bond motifs is 1. The van der Waals surface area contributed by atoms with E-state index in [0.717, 1.165) is 12.8 Å². The zero-order chi connectivity index (χ0) is 14.3. The largest absolute Gasteiger partial charge is 0.481 e. The standard InChI is InChI=1S/C13H18N4O3/c1-16-7-10(5-14-16)15-12(20)17-6-9-3-2-4-13(9,8-17)11(18)19/h5,7,9H,2-4,6,8H2,1H3,(H,15,20)(H,18,19)/t9-,13+/m0/s1. The molecule has 0 spiro atoms. The number of carboxylic acid groups (broad SMARTS) is 1. The van der Waals surface area contributed by atoms with Crippen molar-refractivity contribution >= 4 is 17.7 Å². The van der Waals surface area contributed by atoms with Crippen molar-refractivity contribution in [2.24, 2.45) is 18.4 Å². The number of amides is 2. The summed E-state index contributed by atoms with van der Waals surface area (Å²) in [7, 11) is 1.77. The van der Waals surface area contributed by atoms with Crippen LogP contribution in [0, 0.1) is 11.3 Å². The molecule has 7 nitrogen and oxygen atoms in total. The average molecular weight is 278 g/mol. The Morgan fingerprint density at radius 1 is 1.55 bits per heavy atom. The van der Waals surface area contributed by atoms with Crippen LogP contribution in [0.5, 0.6) is 0 Å². The zero-order valence-corrected chi connectivity index (χ0v) is 11.4. The van der Waals surface area contributed by atoms with Crippen molar-refractivity contribution in [3.8, 4) is 0 Å². The van der Waals surface area contributed by atoms with E-state index in [1.807, 2.05) is 0 Å². The summed E-state index contributed by atoms with van der Waals surface area (Å²) in [6.07, 6.45) is 5.78. The van der Waals surface area contributed by atoms with Crippen LogP contribution < -0.4 is 5.32 Å². The van der Waals surface area contributed by atoms with Gasteiger partial charge in [-0.15, -0.1) is 0 Å². The summed E-state index contributed by atoms with van der Waals surface area (Å²) in [5, 5.41) is 16.2. The van der Waals surface area contributed by atoms with Gasteiger partial charge in [0.1, 0.15) is 0 Å². The first-order valence-electron chi connectivity index (χ1n) is 6.79. The van der Waals surface area contributed by atoms with Gasteiger partial charge in [-0.3, -0.25) is 9.48 Å². The summed E-state index contributed by atoms with van der Waals surface area (Å²) in [6, 6.07) is -0.243. The van der Waals surface area contributed by atoms with Gasteiger partial charge in [0.05, 0.1) is 17.3 Å². The van der Waals surface area contributed by atoms with Crippen molar-refractivity contribution in [1.82, 2.24) is 14.7 Å². The molecule has 0 unspecified atom stereocenters. The highest BCUT2D eigenvalue weighted by Gasteiger charge is 2.55. The van der Waals surface area contributed by atoms with E-state index in [0.29, 0.717) is 25.2 Å². The van der Waals surface area contributed by atoms with Gasteiger partial charge in [-0.1, -0.05) is 6.42 Å². The highest BCUT2D eigenvalue weighted by Crippen LogP contribution is 2.48. The maximum absolute atomic E-state index is 12.2. The molecule has 1 aromatic heterocycles. The van der Waals surface area contributed by atoms with Gasteiger partial charge in [-0.2, -0.15) is 5.10 Å². The van der Waals surface area contributed by atoms with Gasteiger partial charge in [-0.25, -0.2) is 4.79 Å². The molecule has 7 heteroatoms. The van der Waals surface area contributed by atoms with Crippen LogP contribution in [0.1, 0.15) is 19.3 Å². The van der Waals surface area contributed by atoms with E-state index in [1.54, 1.807) is 29.0 Å². The number of anilines is 1. The summed E-state index contributed by atoms with van der Waals surface area (Å²) in [5.74, 6) is -0.684. The molecule has 1 aliphatic carbocycles. The van der Waals surface area contributed by atoms with Crippen molar-refractivity contribution in [3.63, 3.8) is 0 Å². The Bertz CT molecular complexity index is 556. The number of hydrogen-bond donors (Lipinski definition) is 2. The van der Waals surface area contributed by atoms with Crippen LogP contribution in [0.3, 0.4) is 0 Å². The molecule has 1 saturated heterocycles. The monoisotopic (exact) mass is 278 g/mol. The van der Waals surface area contributed by atoms with Gasteiger partial charge in [0, 0.05) is 26.3 Å². The molecule has 2 N–H and O–H groups in total. The lowest BCUT2D eigenvalue weighted by Crippen LogP contribution is -2.38. The second-order valence-electron chi connectivity index (χ2n) is 5.76. The first-order chi connectivity index (χ1) is 9.51. The molecule has 2 heterocycles. The summed E-state index contributed by atoms with van der Waals surface area (Å²) < 4.78 is 1.60. The summed E-state index contributed by atoms with van der Waals surface area (Å²) >= 11 is 0. The molecule has 0 radical (unpaired) electrons. The van der Waals surface area contributed by atoms with Crippen LogP contribution >= 0.6 is 0 Å². The van der Waals surface area contributed by atoms with E-state index in [9.17, 15) is 14.7 Å². The fourth-order valence-corrected chi connectivity index (χ4v) is 3.48. The third-order valence-corrected chi connectivity index (χ3v) is 4.54. The number of aliphatic carboxylic acids is 1. The first kappa shape index (κ1) is 13.0. The lowest BCUT2D eigenvalue weighted by atomic mass is 9.81. The normalized spacial score (nSPS) is 28.4. The topological polar surface area (TPSA) is 87.5 Å². The molecule has 20 heavy (non-hydrogen) atoms. The predicted molar refractivity (Wildman–Crippen MR) is 71.2 cm³/mol. The van der Waals surface area contributed by atoms with Crippen LogP contribution in [0.2, 0.25) is 0 Å². The third kappa shape index (κ3) is 1.93. The quantitative estimate of drug-likeness (QED) is 0.849. The van der Waals surface area contributed by atoms with Crippen molar-refractivity contribution in [2.75, 3.05) is 18.4 Å². The minimum atomic E-state index is -0.767. The second-order valence-corrected chi connectivity index (χ2v) is 5.76. The number of carboxylic acids is 1. The van der Waals surface area contributed by atoms with E-state index >= 15 is 0 Å². The molecule has 0 bridgehead atoms. The molecule has 1 aliphatic heterocycles. The summed E-state index contributed by atoms with van der Waals surface area (Å²) in [6.45, 7) is 0.831. The van der Waals surface area contributed by atoms with Crippen molar-refractivity contribution < 1.29 is 14.7 Å². The lowest BCUT2D eigenvalue weighted by molar-refractivity contribution is -0.149. The molecule has 2 fully saturated rings. The van der Waals surface area contributed by atoms with E-state index in [1.165, 1.54) is 0 Å². The molecule has 2 aliphatic rings. The molecule has 2 amide bonds. The SMILES string of the molecule is Cn1cc(NC(=O)N2C[C@@H]3CCC[C@@]3(C(=O)O)C2)cn1. The Morgan fingerprint density at radius 2 is 2.35 bits per heavy atom. The smallest absolute Gasteiger partial charge is 0.321 e. The number of nitrogens with zero attached hydrogens (tertiary/aromatic N) is 3. The number of rotatable bonds is 2. The number of aryl methyl sites for hydroxylation is 1. The lowest BCUT2D eigenvalue weighted by Gasteiger charge is -2.23. The van der Waals surface area contributed by atoms with Gasteiger partial charge in [0.25, 0.3) is 0 Å². The number of hydrogen-bond acceptors (Lipinski definition) is 3. The zero-order valence-electron chi connectivity index (χ0n) is 11.4. The minimum absolute atomic E-state index is 0.0830. The molecular formula is C13H18N4O3. The van der Waals surface area contributed by atoms with E-state index < -0.39 is 11.4 Å². The number of urea groups is 1. The second kappa shape index (κ2) is 4.50. The molecular weight excluding hydrogens is 260 g/mol. The number of carbonyl (C=O) groups excluding carboxylic acids is 1. The van der Waals surface area contributed by atoms with E-state index in [4.69, 9.17) is 0 Å². The van der Waals surface area contributed by atoms with Crippen molar-refractivity contribution in [2.45, 2.75) is 19.3 Å². The Labute approximate surface area is 116 Å². The molecule has 3 rings (SSSR count).